The number of hydrogen-bond acceptors (Lipinski definition) is 2. The fraction of sp³-hybridized carbons (Fsp3) is 0.100. The van der Waals surface area contributed by atoms with Crippen molar-refractivity contribution in [3.8, 4) is 12.3 Å². The van der Waals surface area contributed by atoms with Crippen molar-refractivity contribution >= 4 is 5.97 Å². The summed E-state index contributed by atoms with van der Waals surface area (Å²) in [5.41, 5.74) is 0.932. The summed E-state index contributed by atoms with van der Waals surface area (Å²) in [6, 6.07) is 9.37. The van der Waals surface area contributed by atoms with E-state index in [1.165, 1.54) is 0 Å². The first-order valence-electron chi connectivity index (χ1n) is 3.50. The van der Waals surface area contributed by atoms with Crippen LogP contribution in [0.15, 0.2) is 30.3 Å². The van der Waals surface area contributed by atoms with E-state index in [4.69, 9.17) is 11.2 Å². The van der Waals surface area contributed by atoms with Crippen molar-refractivity contribution < 1.29 is 11.0 Å². The predicted octanol–water partition coefficient (Wildman–Crippen LogP) is 1.61. The van der Waals surface area contributed by atoms with Gasteiger partial charge in [-0.25, -0.2) is 4.79 Å². The molecule has 0 bridgehead atoms. The van der Waals surface area contributed by atoms with Crippen LogP contribution in [0.1, 0.15) is 6.99 Å². The van der Waals surface area contributed by atoms with Crippen LogP contribution in [0.25, 0.3) is 0 Å². The number of hydrogen-bond donors (Lipinski definition) is 0. The maximum atomic E-state index is 10.5. The Bertz CT molecular complexity index is 300. The molecule has 0 saturated carbocycles. The number of rotatable bonds is 2. The topological polar surface area (TPSA) is 26.3 Å². The summed E-state index contributed by atoms with van der Waals surface area (Å²) in [6.07, 6.45) is 4.81. The highest BCUT2D eigenvalue weighted by Crippen LogP contribution is 1.99. The van der Waals surface area contributed by atoms with Crippen molar-refractivity contribution in [1.82, 2.24) is 0 Å². The fourth-order valence-corrected chi connectivity index (χ4v) is 0.765. The molecule has 0 fully saturated rings. The highest BCUT2D eigenvalue weighted by atomic mass is 16.5. The van der Waals surface area contributed by atoms with Gasteiger partial charge in [0.05, 0.1) is 0 Å². The molecule has 0 radical (unpaired) electrons. The molecule has 62 valence electrons. The molecule has 0 aliphatic heterocycles. The summed E-state index contributed by atoms with van der Waals surface area (Å²) in [4.78, 5) is 10.5. The van der Waals surface area contributed by atoms with Gasteiger partial charge in [0, 0.05) is 7.35 Å². The molecule has 0 saturated heterocycles. The number of ether oxygens (including phenoxy) is 1. The molecule has 0 aliphatic rings. The van der Waals surface area contributed by atoms with Crippen LogP contribution < -0.4 is 0 Å². The van der Waals surface area contributed by atoms with Crippen molar-refractivity contribution in [3.63, 3.8) is 0 Å². The first kappa shape index (κ1) is 8.35. The normalized spacial score (nSPS) is 8.58. The van der Waals surface area contributed by atoms with Crippen LogP contribution in [0.3, 0.4) is 0 Å². The minimum absolute atomic E-state index is 0. The van der Waals surface area contributed by atoms with Crippen LogP contribution in [0.2, 0.25) is 0 Å². The summed E-state index contributed by atoms with van der Waals surface area (Å²) in [5, 5.41) is 0. The first-order valence-corrected chi connectivity index (χ1v) is 3.50. The third-order valence-corrected chi connectivity index (χ3v) is 1.33. The van der Waals surface area contributed by atoms with E-state index >= 15 is 0 Å². The number of benzene rings is 1. The smallest absolute Gasteiger partial charge is 0.384 e. The van der Waals surface area contributed by atoms with Crippen LogP contribution in [-0.4, -0.2) is 5.97 Å². The summed E-state index contributed by atoms with van der Waals surface area (Å²) < 4.78 is 4.70. The van der Waals surface area contributed by atoms with E-state index < -0.39 is 5.97 Å². The van der Waals surface area contributed by atoms with E-state index in [-0.39, 0.29) is 8.03 Å². The minimum Gasteiger partial charge on any atom is -0.451 e. The zero-order valence-corrected chi connectivity index (χ0v) is 6.49. The van der Waals surface area contributed by atoms with Crippen molar-refractivity contribution in [3.05, 3.63) is 35.9 Å². The van der Waals surface area contributed by atoms with Gasteiger partial charge in [-0.15, -0.1) is 6.42 Å². The summed E-state index contributed by atoms with van der Waals surface area (Å²) in [5.74, 6) is 1.25. The van der Waals surface area contributed by atoms with Gasteiger partial charge in [0.25, 0.3) is 0 Å². The van der Waals surface area contributed by atoms with E-state index in [1.807, 2.05) is 36.3 Å². The van der Waals surface area contributed by atoms with E-state index in [0.717, 1.165) is 5.56 Å². The summed E-state index contributed by atoms with van der Waals surface area (Å²) in [7, 11) is 0. The summed E-state index contributed by atoms with van der Waals surface area (Å²) >= 11 is 0. The zero-order valence-electron chi connectivity index (χ0n) is 6.49. The lowest BCUT2D eigenvalue weighted by Crippen LogP contribution is -2.00. The molecule has 0 heterocycles. The average molecular weight is 162 g/mol. The third kappa shape index (κ3) is 2.47. The lowest BCUT2D eigenvalue weighted by atomic mass is 10.2. The highest BCUT2D eigenvalue weighted by Gasteiger charge is 1.96. The minimum atomic E-state index is -0.626. The standard InChI is InChI=1S/C10H8O2.H2/c1-2-10(11)12-8-9-6-4-3-5-7-9;/h1,3-7H,8H2;1H. The summed E-state index contributed by atoms with van der Waals surface area (Å²) in [6.45, 7) is 0.240. The van der Waals surface area contributed by atoms with Gasteiger partial charge in [-0.1, -0.05) is 30.3 Å². The largest absolute Gasteiger partial charge is 0.451 e. The Hall–Kier alpha value is -1.75. The molecule has 2 nitrogen and oxygen atoms in total. The van der Waals surface area contributed by atoms with Crippen LogP contribution in [0.5, 0.6) is 0 Å². The van der Waals surface area contributed by atoms with Gasteiger partial charge in [0.2, 0.25) is 0 Å². The maximum Gasteiger partial charge on any atom is 0.384 e. The molecule has 0 aromatic heterocycles. The molecule has 0 spiro atoms. The molecule has 1 aromatic carbocycles. The van der Waals surface area contributed by atoms with Crippen molar-refractivity contribution in [2.45, 2.75) is 6.61 Å². The van der Waals surface area contributed by atoms with E-state index in [0.29, 0.717) is 0 Å². The Labute approximate surface area is 72.7 Å². The molecule has 2 heteroatoms. The van der Waals surface area contributed by atoms with Gasteiger partial charge in [-0.3, -0.25) is 0 Å². The molecule has 0 amide bonds. The number of esters is 1. The Morgan fingerprint density at radius 3 is 2.75 bits per heavy atom. The van der Waals surface area contributed by atoms with Crippen LogP contribution in [0.4, 0.5) is 0 Å². The molecule has 0 atom stereocenters. The second-order valence-electron chi connectivity index (χ2n) is 2.21. The van der Waals surface area contributed by atoms with Gasteiger partial charge in [0.15, 0.2) is 0 Å². The average Bonchev–Trinajstić information content (AvgIpc) is 2.16. The van der Waals surface area contributed by atoms with Crippen LogP contribution in [-0.2, 0) is 16.1 Å². The van der Waals surface area contributed by atoms with E-state index in [1.54, 1.807) is 0 Å². The number of carbonyl (C=O) groups is 1. The first-order chi connectivity index (χ1) is 5.83. The van der Waals surface area contributed by atoms with Gasteiger partial charge in [0.1, 0.15) is 6.61 Å². The van der Waals surface area contributed by atoms with E-state index in [2.05, 4.69) is 0 Å². The number of terminal acetylenes is 1. The van der Waals surface area contributed by atoms with Crippen LogP contribution >= 0.6 is 0 Å². The molecule has 0 unspecified atom stereocenters. The third-order valence-electron chi connectivity index (χ3n) is 1.33. The Morgan fingerprint density at radius 2 is 2.17 bits per heavy atom. The lowest BCUT2D eigenvalue weighted by molar-refractivity contribution is -0.137. The van der Waals surface area contributed by atoms with Gasteiger partial charge < -0.3 is 4.74 Å². The predicted molar refractivity (Wildman–Crippen MR) is 47.2 cm³/mol. The van der Waals surface area contributed by atoms with Crippen molar-refractivity contribution in [2.24, 2.45) is 0 Å². The quantitative estimate of drug-likeness (QED) is 0.375. The molecule has 1 rings (SSSR count). The molecule has 1 aromatic rings. The van der Waals surface area contributed by atoms with Gasteiger partial charge >= 0.3 is 5.97 Å². The second-order valence-corrected chi connectivity index (χ2v) is 2.21. The van der Waals surface area contributed by atoms with Gasteiger partial charge in [-0.05, 0) is 5.56 Å². The van der Waals surface area contributed by atoms with Crippen molar-refractivity contribution in [2.75, 3.05) is 0 Å². The Balaban J connectivity index is 0.00000144. The Morgan fingerprint density at radius 1 is 1.50 bits per heavy atom. The Kier molecular flexibility index (Phi) is 2.92. The SMILES string of the molecule is C#CC(=O)OCc1ccccc1.[HH]. The fourth-order valence-electron chi connectivity index (χ4n) is 0.765. The van der Waals surface area contributed by atoms with Crippen LogP contribution in [0, 0.1) is 12.3 Å². The second kappa shape index (κ2) is 4.20. The monoisotopic (exact) mass is 162 g/mol. The highest BCUT2D eigenvalue weighted by molar-refractivity contribution is 5.87. The molecule has 12 heavy (non-hydrogen) atoms. The molecule has 0 N–H and O–H groups in total. The molecular weight excluding hydrogens is 152 g/mol. The molecule has 0 aliphatic carbocycles. The number of carbonyl (C=O) groups excluding carboxylic acids is 1. The zero-order chi connectivity index (χ0) is 8.81. The maximum absolute atomic E-state index is 10.5. The lowest BCUT2D eigenvalue weighted by Gasteiger charge is -1.99. The molecular formula is C10H10O2. The van der Waals surface area contributed by atoms with E-state index in [9.17, 15) is 4.79 Å². The van der Waals surface area contributed by atoms with Crippen molar-refractivity contribution in [1.29, 1.82) is 0 Å². The van der Waals surface area contributed by atoms with Gasteiger partial charge in [-0.2, -0.15) is 0 Å².